The fourth-order valence-corrected chi connectivity index (χ4v) is 4.26. The molecule has 13 heteroatoms. The number of nitrogens with one attached hydrogen (secondary N) is 3. The van der Waals surface area contributed by atoms with Crippen LogP contribution in [0.1, 0.15) is 43.6 Å². The van der Waals surface area contributed by atoms with Gasteiger partial charge in [-0.2, -0.15) is 13.2 Å². The zero-order chi connectivity index (χ0) is 30.5. The number of fused-ring (bicyclic) bond motifs is 1. The number of urea groups is 2. The fraction of sp³-hybridized carbons (Fsp3) is 0.464. The monoisotopic (exact) mass is 579 g/mol. The summed E-state index contributed by atoms with van der Waals surface area (Å²) < 4.78 is 44.7. The van der Waals surface area contributed by atoms with Gasteiger partial charge in [-0.3, -0.25) is 4.79 Å². The molecule has 0 aromatic heterocycles. The summed E-state index contributed by atoms with van der Waals surface area (Å²) in [4.78, 5) is 41.7. The molecule has 3 rings (SSSR count). The second-order valence-corrected chi connectivity index (χ2v) is 10.5. The molecular formula is C28H36F3N5O5. The third kappa shape index (κ3) is 8.26. The van der Waals surface area contributed by atoms with Crippen molar-refractivity contribution in [1.29, 1.82) is 0 Å². The lowest BCUT2D eigenvalue weighted by Crippen LogP contribution is -2.51. The van der Waals surface area contributed by atoms with Gasteiger partial charge in [-0.1, -0.05) is 6.92 Å². The van der Waals surface area contributed by atoms with Gasteiger partial charge in [0.1, 0.15) is 11.9 Å². The molecule has 2 aromatic carbocycles. The molecule has 5 amide bonds. The summed E-state index contributed by atoms with van der Waals surface area (Å²) in [6.07, 6.45) is -5.00. The number of nitrogens with zero attached hydrogens (tertiary/aromatic N) is 2. The molecule has 2 aromatic rings. The molecule has 1 heterocycles. The number of alkyl halides is 3. The standard InChI is InChI=1S/C28H36F3N5O5/c1-16(2)32-27(40)35(5)14-24-17(3)13-36(18(4)15-37)25(38)22-12-21(10-11-23(22)41-24)34-26(39)33-20-8-6-19(7-9-20)28(29,30)31/h6-12,16-18,24,37H,13-15H2,1-5H3,(H,32,40)(H2,33,34,39)/t17-,18+,24+/m1/s1. The number of rotatable bonds is 7. The van der Waals surface area contributed by atoms with E-state index in [1.165, 1.54) is 28.0 Å². The lowest BCUT2D eigenvalue weighted by molar-refractivity contribution is -0.137. The first kappa shape index (κ1) is 31.5. The third-order valence-electron chi connectivity index (χ3n) is 6.61. The maximum atomic E-state index is 13.6. The van der Waals surface area contributed by atoms with E-state index in [9.17, 15) is 32.7 Å². The molecule has 0 unspecified atom stereocenters. The van der Waals surface area contributed by atoms with Gasteiger partial charge in [0.15, 0.2) is 0 Å². The summed E-state index contributed by atoms with van der Waals surface area (Å²) in [5.41, 5.74) is -0.319. The van der Waals surface area contributed by atoms with Gasteiger partial charge >= 0.3 is 18.2 Å². The second-order valence-electron chi connectivity index (χ2n) is 10.5. The first-order valence-electron chi connectivity index (χ1n) is 13.2. The largest absolute Gasteiger partial charge is 0.487 e. The molecular weight excluding hydrogens is 543 g/mol. The van der Waals surface area contributed by atoms with Crippen molar-refractivity contribution in [2.75, 3.05) is 37.4 Å². The molecule has 10 nitrogen and oxygen atoms in total. The van der Waals surface area contributed by atoms with Crippen molar-refractivity contribution in [1.82, 2.24) is 15.1 Å². The summed E-state index contributed by atoms with van der Waals surface area (Å²) in [5, 5.41) is 17.7. The summed E-state index contributed by atoms with van der Waals surface area (Å²) in [6.45, 7) is 7.52. The Morgan fingerprint density at radius 3 is 2.29 bits per heavy atom. The van der Waals surface area contributed by atoms with Crippen LogP contribution in [-0.2, 0) is 6.18 Å². The van der Waals surface area contributed by atoms with Crippen LogP contribution in [-0.4, -0.2) is 77.8 Å². The molecule has 0 saturated carbocycles. The number of halogens is 3. The quantitative estimate of drug-likeness (QED) is 0.381. The van der Waals surface area contributed by atoms with Crippen LogP contribution < -0.4 is 20.7 Å². The van der Waals surface area contributed by atoms with Crippen molar-refractivity contribution in [2.24, 2.45) is 5.92 Å². The molecule has 0 radical (unpaired) electrons. The number of carbonyl (C=O) groups excluding carboxylic acids is 3. The number of amides is 5. The van der Waals surface area contributed by atoms with E-state index in [-0.39, 0.29) is 60.4 Å². The Morgan fingerprint density at radius 2 is 1.71 bits per heavy atom. The minimum Gasteiger partial charge on any atom is -0.487 e. The topological polar surface area (TPSA) is 123 Å². The van der Waals surface area contributed by atoms with Crippen molar-refractivity contribution >= 4 is 29.3 Å². The van der Waals surface area contributed by atoms with Crippen LogP contribution in [0.3, 0.4) is 0 Å². The van der Waals surface area contributed by atoms with Crippen LogP contribution in [0.5, 0.6) is 5.75 Å². The van der Waals surface area contributed by atoms with Gasteiger partial charge in [-0.05, 0) is 63.2 Å². The number of aliphatic hydroxyl groups is 1. The highest BCUT2D eigenvalue weighted by atomic mass is 19.4. The number of hydrogen-bond acceptors (Lipinski definition) is 5. The smallest absolute Gasteiger partial charge is 0.416 e. The van der Waals surface area contributed by atoms with Gasteiger partial charge in [0.05, 0.1) is 30.3 Å². The predicted octanol–water partition coefficient (Wildman–Crippen LogP) is 4.62. The molecule has 1 aliphatic rings. The van der Waals surface area contributed by atoms with E-state index in [0.717, 1.165) is 24.3 Å². The Morgan fingerprint density at radius 1 is 1.10 bits per heavy atom. The van der Waals surface area contributed by atoms with Gasteiger partial charge in [0, 0.05) is 36.9 Å². The average molecular weight is 580 g/mol. The van der Waals surface area contributed by atoms with Gasteiger partial charge in [-0.25, -0.2) is 9.59 Å². The van der Waals surface area contributed by atoms with Crippen LogP contribution in [0, 0.1) is 5.92 Å². The Balaban J connectivity index is 1.84. The number of likely N-dealkylation sites (N-methyl/N-ethyl adjacent to an activating group) is 1. The Hall–Kier alpha value is -4.00. The van der Waals surface area contributed by atoms with Crippen LogP contribution in [0.4, 0.5) is 34.1 Å². The van der Waals surface area contributed by atoms with Crippen LogP contribution in [0.2, 0.25) is 0 Å². The third-order valence-corrected chi connectivity index (χ3v) is 6.61. The van der Waals surface area contributed by atoms with Crippen molar-refractivity contribution in [3.63, 3.8) is 0 Å². The summed E-state index contributed by atoms with van der Waals surface area (Å²) >= 11 is 0. The molecule has 3 atom stereocenters. The SMILES string of the molecule is CC(C)NC(=O)N(C)C[C@@H]1Oc2ccc(NC(=O)Nc3ccc(C(F)(F)F)cc3)cc2C(=O)N([C@@H](C)CO)C[C@H]1C. The van der Waals surface area contributed by atoms with Crippen molar-refractivity contribution in [3.8, 4) is 5.75 Å². The molecule has 0 saturated heterocycles. The van der Waals surface area contributed by atoms with E-state index in [4.69, 9.17) is 4.74 Å². The molecule has 1 aliphatic heterocycles. The van der Waals surface area contributed by atoms with E-state index in [1.54, 1.807) is 14.0 Å². The Labute approximate surface area is 236 Å². The molecule has 0 fully saturated rings. The Kier molecular flexibility index (Phi) is 10.1. The normalized spacial score (nSPS) is 18.0. The predicted molar refractivity (Wildman–Crippen MR) is 148 cm³/mol. The van der Waals surface area contributed by atoms with E-state index in [0.29, 0.717) is 0 Å². The van der Waals surface area contributed by atoms with E-state index >= 15 is 0 Å². The minimum absolute atomic E-state index is 0.0535. The van der Waals surface area contributed by atoms with Gasteiger partial charge in [0.2, 0.25) is 0 Å². The number of carbonyl (C=O) groups is 3. The number of ether oxygens (including phenoxy) is 1. The van der Waals surface area contributed by atoms with E-state index in [1.807, 2.05) is 20.8 Å². The van der Waals surface area contributed by atoms with Gasteiger partial charge in [-0.15, -0.1) is 0 Å². The van der Waals surface area contributed by atoms with Crippen molar-refractivity contribution in [3.05, 3.63) is 53.6 Å². The first-order chi connectivity index (χ1) is 19.2. The van der Waals surface area contributed by atoms with Crippen LogP contribution in [0.15, 0.2) is 42.5 Å². The molecule has 0 bridgehead atoms. The van der Waals surface area contributed by atoms with Gasteiger partial charge in [0.25, 0.3) is 5.91 Å². The average Bonchev–Trinajstić information content (AvgIpc) is 2.89. The second kappa shape index (κ2) is 13.1. The fourth-order valence-electron chi connectivity index (χ4n) is 4.26. The van der Waals surface area contributed by atoms with E-state index in [2.05, 4.69) is 16.0 Å². The highest BCUT2D eigenvalue weighted by molar-refractivity contribution is 6.02. The lowest BCUT2D eigenvalue weighted by atomic mass is 9.99. The number of hydrogen-bond donors (Lipinski definition) is 4. The molecule has 0 spiro atoms. The van der Waals surface area contributed by atoms with Crippen molar-refractivity contribution < 1.29 is 37.4 Å². The maximum Gasteiger partial charge on any atom is 0.416 e. The lowest BCUT2D eigenvalue weighted by Gasteiger charge is -2.38. The van der Waals surface area contributed by atoms with Crippen molar-refractivity contribution in [2.45, 2.75) is 52.1 Å². The highest BCUT2D eigenvalue weighted by Gasteiger charge is 2.34. The molecule has 41 heavy (non-hydrogen) atoms. The zero-order valence-corrected chi connectivity index (χ0v) is 23.6. The number of anilines is 2. The van der Waals surface area contributed by atoms with Gasteiger partial charge < -0.3 is 35.6 Å². The van der Waals surface area contributed by atoms with E-state index < -0.39 is 35.8 Å². The zero-order valence-electron chi connectivity index (χ0n) is 23.6. The highest BCUT2D eigenvalue weighted by Crippen LogP contribution is 2.32. The van der Waals surface area contributed by atoms with Crippen LogP contribution >= 0.6 is 0 Å². The Bertz CT molecular complexity index is 1240. The molecule has 224 valence electrons. The molecule has 4 N–H and O–H groups in total. The summed E-state index contributed by atoms with van der Waals surface area (Å²) in [6, 6.07) is 6.90. The maximum absolute atomic E-state index is 13.6. The number of benzene rings is 2. The number of aliphatic hydroxyl groups excluding tert-OH is 1. The molecule has 0 aliphatic carbocycles. The first-order valence-corrected chi connectivity index (χ1v) is 13.2. The summed E-state index contributed by atoms with van der Waals surface area (Å²) in [5.74, 6) is -0.375. The summed E-state index contributed by atoms with van der Waals surface area (Å²) in [7, 11) is 1.65. The van der Waals surface area contributed by atoms with Crippen LogP contribution in [0.25, 0.3) is 0 Å². The minimum atomic E-state index is -4.50.